The molecule has 0 radical (unpaired) electrons. The summed E-state index contributed by atoms with van der Waals surface area (Å²) in [7, 11) is 0. The van der Waals surface area contributed by atoms with Crippen LogP contribution in [-0.2, 0) is 5.41 Å². The predicted octanol–water partition coefficient (Wildman–Crippen LogP) is 17.1. The van der Waals surface area contributed by atoms with Crippen molar-refractivity contribution in [2.24, 2.45) is 0 Å². The summed E-state index contributed by atoms with van der Waals surface area (Å²) in [4.78, 5) is 2.40. The number of nitrogens with zero attached hydrogens (tertiary/aromatic N) is 1. The lowest BCUT2D eigenvalue weighted by Crippen LogP contribution is -2.14. The standard InChI is InChI=1S/C61H43N/c1-61(2)59-23-8-7-18-57(59)58-37-30-45(39-60(58)61)44-14-9-15-48(38-44)62(46-31-24-42(25-32-46)51-19-10-21-53-49-16-5-3-12-40(49)28-35-55(51)53)47-33-26-43(27-34-47)52-20-11-22-54-50-17-6-4-13-41(50)29-36-56(52)54/h3-39H,1-2H3. The van der Waals surface area contributed by atoms with Gasteiger partial charge in [0.15, 0.2) is 0 Å². The minimum absolute atomic E-state index is 0.0660. The molecule has 11 aromatic rings. The van der Waals surface area contributed by atoms with Gasteiger partial charge in [-0.3, -0.25) is 0 Å². The van der Waals surface area contributed by atoms with Crippen molar-refractivity contribution >= 4 is 60.2 Å². The van der Waals surface area contributed by atoms with Crippen LogP contribution in [0.5, 0.6) is 0 Å². The van der Waals surface area contributed by atoms with E-state index in [1.54, 1.807) is 0 Å². The quantitative estimate of drug-likeness (QED) is 0.152. The van der Waals surface area contributed by atoms with Gasteiger partial charge in [0.2, 0.25) is 0 Å². The van der Waals surface area contributed by atoms with Crippen molar-refractivity contribution in [3.05, 3.63) is 236 Å². The summed E-state index contributed by atoms with van der Waals surface area (Å²) in [5.74, 6) is 0. The van der Waals surface area contributed by atoms with Crippen LogP contribution < -0.4 is 4.90 Å². The van der Waals surface area contributed by atoms with Crippen LogP contribution in [-0.4, -0.2) is 0 Å². The maximum Gasteiger partial charge on any atom is 0.0467 e. The molecule has 292 valence electrons. The molecule has 0 aliphatic heterocycles. The van der Waals surface area contributed by atoms with Crippen molar-refractivity contribution < 1.29 is 0 Å². The van der Waals surface area contributed by atoms with E-state index in [0.717, 1.165) is 17.1 Å². The summed E-state index contributed by atoms with van der Waals surface area (Å²) in [6.07, 6.45) is 0. The van der Waals surface area contributed by atoms with Crippen molar-refractivity contribution in [2.45, 2.75) is 19.3 Å². The first kappa shape index (κ1) is 36.1. The molecule has 0 fully saturated rings. The second-order valence-electron chi connectivity index (χ2n) is 17.3. The third-order valence-electron chi connectivity index (χ3n) is 13.5. The molecule has 1 heteroatoms. The molecular weight excluding hydrogens is 747 g/mol. The first-order valence-corrected chi connectivity index (χ1v) is 21.7. The zero-order valence-corrected chi connectivity index (χ0v) is 34.8. The highest BCUT2D eigenvalue weighted by Crippen LogP contribution is 2.50. The molecule has 0 saturated heterocycles. The Bertz CT molecular complexity index is 3370. The van der Waals surface area contributed by atoms with Gasteiger partial charge < -0.3 is 4.90 Å². The Morgan fingerprint density at radius 3 is 1.35 bits per heavy atom. The number of hydrogen-bond acceptors (Lipinski definition) is 1. The van der Waals surface area contributed by atoms with E-state index in [9.17, 15) is 0 Å². The second kappa shape index (κ2) is 14.2. The lowest BCUT2D eigenvalue weighted by molar-refractivity contribution is 0.660. The fourth-order valence-electron chi connectivity index (χ4n) is 10.3. The SMILES string of the molecule is CC1(C)c2ccccc2-c2ccc(-c3cccc(N(c4ccc(-c5cccc6c5ccc5ccccc56)cc4)c4ccc(-c5cccc6c5ccc5ccccc56)cc4)c3)cc21. The molecule has 0 heterocycles. The molecule has 1 aliphatic carbocycles. The molecule has 0 bridgehead atoms. The summed E-state index contributed by atoms with van der Waals surface area (Å²) in [6, 6.07) is 82.9. The van der Waals surface area contributed by atoms with E-state index in [-0.39, 0.29) is 5.41 Å². The number of anilines is 3. The third kappa shape index (κ3) is 5.77. The summed E-state index contributed by atoms with van der Waals surface area (Å²) < 4.78 is 0. The highest BCUT2D eigenvalue weighted by atomic mass is 15.1. The van der Waals surface area contributed by atoms with E-state index < -0.39 is 0 Å². The Morgan fingerprint density at radius 2 is 0.742 bits per heavy atom. The largest absolute Gasteiger partial charge is 0.310 e. The van der Waals surface area contributed by atoms with Gasteiger partial charge in [0.05, 0.1) is 0 Å². The molecule has 0 unspecified atom stereocenters. The van der Waals surface area contributed by atoms with Crippen molar-refractivity contribution in [2.75, 3.05) is 4.90 Å². The molecule has 0 aromatic heterocycles. The van der Waals surface area contributed by atoms with E-state index in [2.05, 4.69) is 243 Å². The van der Waals surface area contributed by atoms with Crippen LogP contribution in [0.1, 0.15) is 25.0 Å². The molecule has 0 amide bonds. The molecule has 0 saturated carbocycles. The predicted molar refractivity (Wildman–Crippen MR) is 265 cm³/mol. The molecule has 62 heavy (non-hydrogen) atoms. The summed E-state index contributed by atoms with van der Waals surface area (Å²) in [6.45, 7) is 4.71. The number of benzene rings is 11. The van der Waals surface area contributed by atoms with Crippen molar-refractivity contribution in [1.29, 1.82) is 0 Å². The monoisotopic (exact) mass is 789 g/mol. The highest BCUT2D eigenvalue weighted by molar-refractivity contribution is 6.13. The van der Waals surface area contributed by atoms with E-state index in [1.165, 1.54) is 98.7 Å². The maximum absolute atomic E-state index is 2.42. The molecule has 12 rings (SSSR count). The highest BCUT2D eigenvalue weighted by Gasteiger charge is 2.35. The van der Waals surface area contributed by atoms with Crippen LogP contribution in [0, 0.1) is 0 Å². The topological polar surface area (TPSA) is 3.24 Å². The molecule has 0 spiro atoms. The minimum Gasteiger partial charge on any atom is -0.310 e. The van der Waals surface area contributed by atoms with Gasteiger partial charge in [-0.25, -0.2) is 0 Å². The van der Waals surface area contributed by atoms with E-state index >= 15 is 0 Å². The van der Waals surface area contributed by atoms with Crippen LogP contribution in [0.3, 0.4) is 0 Å². The maximum atomic E-state index is 2.42. The Kier molecular flexibility index (Phi) is 8.27. The molecular formula is C61H43N. The molecule has 0 N–H and O–H groups in total. The fraction of sp³-hybridized carbons (Fsp3) is 0.0492. The third-order valence-corrected chi connectivity index (χ3v) is 13.5. The molecule has 1 nitrogen and oxygen atoms in total. The van der Waals surface area contributed by atoms with Crippen LogP contribution in [0.2, 0.25) is 0 Å². The summed E-state index contributed by atoms with van der Waals surface area (Å²) in [5.41, 5.74) is 16.0. The van der Waals surface area contributed by atoms with Gasteiger partial charge in [0.25, 0.3) is 0 Å². The minimum atomic E-state index is -0.0660. The number of fused-ring (bicyclic) bond motifs is 9. The smallest absolute Gasteiger partial charge is 0.0467 e. The van der Waals surface area contributed by atoms with Gasteiger partial charge in [0.1, 0.15) is 0 Å². The fourth-order valence-corrected chi connectivity index (χ4v) is 10.3. The van der Waals surface area contributed by atoms with Crippen molar-refractivity contribution in [1.82, 2.24) is 0 Å². The van der Waals surface area contributed by atoms with Gasteiger partial charge in [-0.2, -0.15) is 0 Å². The van der Waals surface area contributed by atoms with Crippen LogP contribution in [0.15, 0.2) is 224 Å². The van der Waals surface area contributed by atoms with Crippen molar-refractivity contribution in [3.8, 4) is 44.5 Å². The number of hydrogen-bond donors (Lipinski definition) is 0. The van der Waals surface area contributed by atoms with Crippen molar-refractivity contribution in [3.63, 3.8) is 0 Å². The second-order valence-corrected chi connectivity index (χ2v) is 17.3. The Balaban J connectivity index is 0.965. The molecule has 0 atom stereocenters. The average molecular weight is 790 g/mol. The average Bonchev–Trinajstić information content (AvgIpc) is 3.56. The van der Waals surface area contributed by atoms with Crippen LogP contribution in [0.25, 0.3) is 87.6 Å². The van der Waals surface area contributed by atoms with E-state index in [0.29, 0.717) is 0 Å². The van der Waals surface area contributed by atoms with Gasteiger partial charge >= 0.3 is 0 Å². The normalized spacial score (nSPS) is 12.8. The molecule has 11 aromatic carbocycles. The van der Waals surface area contributed by atoms with Crippen LogP contribution in [0.4, 0.5) is 17.1 Å². The summed E-state index contributed by atoms with van der Waals surface area (Å²) in [5, 5.41) is 10.2. The van der Waals surface area contributed by atoms with E-state index in [4.69, 9.17) is 0 Å². The van der Waals surface area contributed by atoms with Gasteiger partial charge in [-0.15, -0.1) is 0 Å². The lowest BCUT2D eigenvalue weighted by atomic mass is 9.81. The van der Waals surface area contributed by atoms with Crippen LogP contribution >= 0.6 is 0 Å². The number of rotatable bonds is 6. The zero-order chi connectivity index (χ0) is 41.4. The van der Waals surface area contributed by atoms with Gasteiger partial charge in [-0.1, -0.05) is 196 Å². The first-order chi connectivity index (χ1) is 30.5. The Hall–Kier alpha value is -7.74. The Morgan fingerprint density at radius 1 is 0.274 bits per heavy atom. The lowest BCUT2D eigenvalue weighted by Gasteiger charge is -2.27. The van der Waals surface area contributed by atoms with E-state index in [1.807, 2.05) is 0 Å². The summed E-state index contributed by atoms with van der Waals surface area (Å²) >= 11 is 0. The Labute approximate surface area is 362 Å². The first-order valence-electron chi connectivity index (χ1n) is 21.7. The van der Waals surface area contributed by atoms with Gasteiger partial charge in [-0.05, 0) is 141 Å². The van der Waals surface area contributed by atoms with Gasteiger partial charge in [0, 0.05) is 22.5 Å². The molecule has 1 aliphatic rings. The zero-order valence-electron chi connectivity index (χ0n) is 34.8.